The predicted molar refractivity (Wildman–Crippen MR) is 67.2 cm³/mol. The molecule has 0 fully saturated rings. The van der Waals surface area contributed by atoms with E-state index in [1.165, 1.54) is 19.3 Å². The summed E-state index contributed by atoms with van der Waals surface area (Å²) in [6.07, 6.45) is 8.25. The minimum atomic E-state index is 0.0866. The van der Waals surface area contributed by atoms with Crippen molar-refractivity contribution >= 4 is 5.91 Å². The van der Waals surface area contributed by atoms with Crippen LogP contribution in [-0.2, 0) is 4.79 Å². The maximum atomic E-state index is 11.3. The van der Waals surface area contributed by atoms with E-state index in [2.05, 4.69) is 22.8 Å². The topological polar surface area (TPSA) is 41.1 Å². The summed E-state index contributed by atoms with van der Waals surface area (Å²) in [4.78, 5) is 11.3. The second kappa shape index (κ2) is 7.44. The Hall–Kier alpha value is -0.830. The number of carbonyl (C=O) groups is 1. The number of carbonyl (C=O) groups excluding carboxylic acids is 1. The Bertz CT molecular complexity index is 236. The van der Waals surface area contributed by atoms with Crippen molar-refractivity contribution in [1.82, 2.24) is 10.6 Å². The molecule has 0 heterocycles. The van der Waals surface area contributed by atoms with Crippen molar-refractivity contribution in [2.75, 3.05) is 19.6 Å². The Morgan fingerprint density at radius 3 is 2.81 bits per heavy atom. The number of rotatable bonds is 6. The summed E-state index contributed by atoms with van der Waals surface area (Å²) in [6.45, 7) is 6.51. The summed E-state index contributed by atoms with van der Waals surface area (Å²) in [5.74, 6) is 1.01. The van der Waals surface area contributed by atoms with Gasteiger partial charge in [0.2, 0.25) is 5.91 Å². The summed E-state index contributed by atoms with van der Waals surface area (Å²) in [5.41, 5.74) is 0. The number of nitrogens with one attached hydrogen (secondary N) is 2. The molecule has 1 rings (SSSR count). The second-order valence-corrected chi connectivity index (χ2v) is 4.80. The van der Waals surface area contributed by atoms with Crippen LogP contribution in [0.3, 0.4) is 0 Å². The minimum Gasteiger partial charge on any atom is -0.355 e. The Morgan fingerprint density at radius 2 is 2.19 bits per heavy atom. The third-order valence-corrected chi connectivity index (χ3v) is 2.94. The highest BCUT2D eigenvalue weighted by atomic mass is 16.1. The van der Waals surface area contributed by atoms with Gasteiger partial charge < -0.3 is 10.6 Å². The SMILES string of the molecule is CC(C)C(=O)NCCNCC1CC=CCC1. The Morgan fingerprint density at radius 1 is 1.38 bits per heavy atom. The largest absolute Gasteiger partial charge is 0.355 e. The zero-order valence-electron chi connectivity index (χ0n) is 10.5. The molecule has 0 aromatic heterocycles. The molecule has 0 radical (unpaired) electrons. The van der Waals surface area contributed by atoms with E-state index in [1.54, 1.807) is 0 Å². The molecule has 1 aliphatic carbocycles. The van der Waals surface area contributed by atoms with Gasteiger partial charge in [0.1, 0.15) is 0 Å². The molecule has 1 amide bonds. The van der Waals surface area contributed by atoms with E-state index >= 15 is 0 Å². The summed E-state index contributed by atoms with van der Waals surface area (Å²) in [7, 11) is 0. The van der Waals surface area contributed by atoms with Gasteiger partial charge in [-0.1, -0.05) is 26.0 Å². The lowest BCUT2D eigenvalue weighted by molar-refractivity contribution is -0.123. The molecule has 0 aromatic rings. The van der Waals surface area contributed by atoms with Gasteiger partial charge >= 0.3 is 0 Å². The van der Waals surface area contributed by atoms with Gasteiger partial charge in [-0.3, -0.25) is 4.79 Å². The first-order valence-corrected chi connectivity index (χ1v) is 6.33. The molecule has 0 bridgehead atoms. The maximum absolute atomic E-state index is 11.3. The fraction of sp³-hybridized carbons (Fsp3) is 0.769. The van der Waals surface area contributed by atoms with Crippen LogP contribution < -0.4 is 10.6 Å². The van der Waals surface area contributed by atoms with Gasteiger partial charge in [0.15, 0.2) is 0 Å². The van der Waals surface area contributed by atoms with Crippen molar-refractivity contribution in [2.45, 2.75) is 33.1 Å². The highest BCUT2D eigenvalue weighted by molar-refractivity contribution is 5.77. The van der Waals surface area contributed by atoms with E-state index < -0.39 is 0 Å². The Labute approximate surface area is 98.7 Å². The van der Waals surface area contributed by atoms with E-state index in [0.717, 1.165) is 25.6 Å². The normalized spacial score (nSPS) is 20.1. The number of amides is 1. The zero-order chi connectivity index (χ0) is 11.8. The van der Waals surface area contributed by atoms with Gasteiger partial charge in [-0.2, -0.15) is 0 Å². The summed E-state index contributed by atoms with van der Waals surface area (Å²) >= 11 is 0. The first-order chi connectivity index (χ1) is 7.70. The predicted octanol–water partition coefficient (Wildman–Crippen LogP) is 1.70. The van der Waals surface area contributed by atoms with E-state index in [1.807, 2.05) is 13.8 Å². The van der Waals surface area contributed by atoms with Crippen LogP contribution >= 0.6 is 0 Å². The van der Waals surface area contributed by atoms with Crippen LogP contribution in [0.5, 0.6) is 0 Å². The maximum Gasteiger partial charge on any atom is 0.222 e. The van der Waals surface area contributed by atoms with Gasteiger partial charge in [0, 0.05) is 19.0 Å². The van der Waals surface area contributed by atoms with Crippen molar-refractivity contribution in [3.8, 4) is 0 Å². The molecule has 0 aliphatic heterocycles. The molecule has 0 spiro atoms. The average Bonchev–Trinajstić information content (AvgIpc) is 2.29. The fourth-order valence-electron chi connectivity index (χ4n) is 1.83. The lowest BCUT2D eigenvalue weighted by atomic mass is 9.94. The molecular formula is C13H24N2O. The lowest BCUT2D eigenvalue weighted by Gasteiger charge is -2.18. The van der Waals surface area contributed by atoms with Crippen molar-refractivity contribution in [1.29, 1.82) is 0 Å². The average molecular weight is 224 g/mol. The summed E-state index contributed by atoms with van der Waals surface area (Å²) in [5, 5.41) is 6.31. The highest BCUT2D eigenvalue weighted by Gasteiger charge is 2.09. The van der Waals surface area contributed by atoms with Crippen LogP contribution in [0.25, 0.3) is 0 Å². The summed E-state index contributed by atoms with van der Waals surface area (Å²) in [6, 6.07) is 0. The molecule has 3 heteroatoms. The van der Waals surface area contributed by atoms with Crippen molar-refractivity contribution < 1.29 is 4.79 Å². The van der Waals surface area contributed by atoms with Crippen LogP contribution in [0.2, 0.25) is 0 Å². The van der Waals surface area contributed by atoms with Crippen LogP contribution in [-0.4, -0.2) is 25.5 Å². The molecular weight excluding hydrogens is 200 g/mol. The molecule has 0 saturated heterocycles. The molecule has 0 saturated carbocycles. The third kappa shape index (κ3) is 5.31. The Balaban J connectivity index is 1.95. The van der Waals surface area contributed by atoms with Crippen molar-refractivity contribution in [2.24, 2.45) is 11.8 Å². The third-order valence-electron chi connectivity index (χ3n) is 2.94. The monoisotopic (exact) mass is 224 g/mol. The lowest BCUT2D eigenvalue weighted by Crippen LogP contribution is -2.35. The molecule has 1 unspecified atom stereocenters. The van der Waals surface area contributed by atoms with E-state index in [9.17, 15) is 4.79 Å². The summed E-state index contributed by atoms with van der Waals surface area (Å²) < 4.78 is 0. The molecule has 1 aliphatic rings. The standard InChI is InChI=1S/C13H24N2O/c1-11(2)13(16)15-9-8-14-10-12-6-4-3-5-7-12/h3-4,11-12,14H,5-10H2,1-2H3,(H,15,16). The fourth-order valence-corrected chi connectivity index (χ4v) is 1.83. The zero-order valence-corrected chi connectivity index (χ0v) is 10.5. The molecule has 0 aromatic carbocycles. The first-order valence-electron chi connectivity index (χ1n) is 6.33. The van der Waals surface area contributed by atoms with E-state index in [-0.39, 0.29) is 11.8 Å². The van der Waals surface area contributed by atoms with Crippen LogP contribution in [0.15, 0.2) is 12.2 Å². The number of hydrogen-bond acceptors (Lipinski definition) is 2. The number of hydrogen-bond donors (Lipinski definition) is 2. The smallest absolute Gasteiger partial charge is 0.222 e. The van der Waals surface area contributed by atoms with Gasteiger partial charge in [0.05, 0.1) is 0 Å². The number of allylic oxidation sites excluding steroid dienone is 2. The Kier molecular flexibility index (Phi) is 6.16. The van der Waals surface area contributed by atoms with Crippen LogP contribution in [0, 0.1) is 11.8 Å². The molecule has 1 atom stereocenters. The van der Waals surface area contributed by atoms with Crippen molar-refractivity contribution in [3.63, 3.8) is 0 Å². The second-order valence-electron chi connectivity index (χ2n) is 4.80. The highest BCUT2D eigenvalue weighted by Crippen LogP contribution is 2.16. The quantitative estimate of drug-likeness (QED) is 0.532. The van der Waals surface area contributed by atoms with Gasteiger partial charge in [-0.15, -0.1) is 0 Å². The van der Waals surface area contributed by atoms with E-state index in [0.29, 0.717) is 0 Å². The van der Waals surface area contributed by atoms with Gasteiger partial charge in [0.25, 0.3) is 0 Å². The van der Waals surface area contributed by atoms with Crippen molar-refractivity contribution in [3.05, 3.63) is 12.2 Å². The molecule has 2 N–H and O–H groups in total. The minimum absolute atomic E-state index is 0.0866. The van der Waals surface area contributed by atoms with Crippen LogP contribution in [0.1, 0.15) is 33.1 Å². The first kappa shape index (κ1) is 13.2. The molecule has 3 nitrogen and oxygen atoms in total. The molecule has 16 heavy (non-hydrogen) atoms. The van der Waals surface area contributed by atoms with Gasteiger partial charge in [-0.25, -0.2) is 0 Å². The van der Waals surface area contributed by atoms with E-state index in [4.69, 9.17) is 0 Å². The molecule has 92 valence electrons. The van der Waals surface area contributed by atoms with Crippen LogP contribution in [0.4, 0.5) is 0 Å². The van der Waals surface area contributed by atoms with Gasteiger partial charge in [-0.05, 0) is 31.7 Å².